The Morgan fingerprint density at radius 3 is 1.70 bits per heavy atom. The zero-order valence-corrected chi connectivity index (χ0v) is 12.7. The molecule has 3 aromatic rings. The average molecular weight is 338 g/mol. The van der Waals surface area contributed by atoms with Gasteiger partial charge < -0.3 is 4.74 Å². The number of hydrogen-bond acceptors (Lipinski definition) is 6. The SMILES string of the molecule is CC(=O)Oc1c2ccccc2[nH+]c2ccccc12.[O-][Cl+3]([O-])([O-])[O-]. The average Bonchev–Trinajstić information content (AvgIpc) is 2.45. The van der Waals surface area contributed by atoms with Crippen LogP contribution in [0.4, 0.5) is 0 Å². The molecule has 1 N–H and O–H groups in total. The van der Waals surface area contributed by atoms with Gasteiger partial charge in [0, 0.05) is 19.1 Å². The largest absolute Gasteiger partial charge is 0.425 e. The molecule has 1 aromatic heterocycles. The Morgan fingerprint density at radius 2 is 1.30 bits per heavy atom. The third kappa shape index (κ3) is 4.85. The van der Waals surface area contributed by atoms with Crippen molar-refractivity contribution in [2.24, 2.45) is 0 Å². The van der Waals surface area contributed by atoms with Crippen LogP contribution in [0.15, 0.2) is 48.5 Å². The summed E-state index contributed by atoms with van der Waals surface area (Å²) in [7, 11) is -4.94. The van der Waals surface area contributed by atoms with Crippen LogP contribution in [0.5, 0.6) is 5.75 Å². The number of ether oxygens (including phenoxy) is 1. The summed E-state index contributed by atoms with van der Waals surface area (Å²) in [6.45, 7) is 1.42. The topological polar surface area (TPSA) is 133 Å². The van der Waals surface area contributed by atoms with Crippen LogP contribution in [0.2, 0.25) is 0 Å². The van der Waals surface area contributed by atoms with E-state index in [1.54, 1.807) is 0 Å². The lowest BCUT2D eigenvalue weighted by Crippen LogP contribution is -2.68. The first-order valence-corrected chi connectivity index (χ1v) is 7.62. The van der Waals surface area contributed by atoms with E-state index in [0.29, 0.717) is 5.75 Å². The molecule has 0 spiro atoms. The molecule has 0 atom stereocenters. The number of aromatic nitrogens is 1. The molecule has 2 aromatic carbocycles. The van der Waals surface area contributed by atoms with E-state index in [1.165, 1.54) is 6.92 Å². The summed E-state index contributed by atoms with van der Waals surface area (Å²) < 4.78 is 39.4. The number of rotatable bonds is 1. The van der Waals surface area contributed by atoms with Crippen LogP contribution < -0.4 is 28.4 Å². The molecule has 3 rings (SSSR count). The molecule has 0 aliphatic heterocycles. The highest BCUT2D eigenvalue weighted by molar-refractivity contribution is 5.99. The maximum Gasteiger partial charge on any atom is 0.308 e. The van der Waals surface area contributed by atoms with Gasteiger partial charge in [-0.05, 0) is 12.1 Å². The molecular weight excluding hydrogens is 326 g/mol. The summed E-state index contributed by atoms with van der Waals surface area (Å²) >= 11 is 0. The van der Waals surface area contributed by atoms with Crippen molar-refractivity contribution in [3.05, 3.63) is 48.5 Å². The Hall–Kier alpha value is -2.29. The van der Waals surface area contributed by atoms with Crippen LogP contribution in [0.3, 0.4) is 0 Å². The molecule has 8 heteroatoms. The first kappa shape index (κ1) is 17.1. The summed E-state index contributed by atoms with van der Waals surface area (Å²) in [5, 5.41) is 1.82. The number of aromatic amines is 1. The molecule has 23 heavy (non-hydrogen) atoms. The van der Waals surface area contributed by atoms with E-state index in [1.807, 2.05) is 48.5 Å². The number of H-pyrrole nitrogens is 1. The summed E-state index contributed by atoms with van der Waals surface area (Å²) in [6.07, 6.45) is 0. The fourth-order valence-electron chi connectivity index (χ4n) is 2.12. The van der Waals surface area contributed by atoms with Crippen molar-refractivity contribution in [1.82, 2.24) is 0 Å². The van der Waals surface area contributed by atoms with Gasteiger partial charge in [-0.15, -0.1) is 10.2 Å². The molecule has 120 valence electrons. The normalized spacial score (nSPS) is 11.0. The number of para-hydroxylation sites is 2. The quantitative estimate of drug-likeness (QED) is 0.371. The van der Waals surface area contributed by atoms with E-state index in [0.717, 1.165) is 21.8 Å². The number of halogens is 1. The number of benzene rings is 2. The van der Waals surface area contributed by atoms with Crippen LogP contribution in [0, 0.1) is 10.2 Å². The van der Waals surface area contributed by atoms with Gasteiger partial charge in [-0.25, -0.2) is 23.6 Å². The lowest BCUT2D eigenvalue weighted by atomic mass is 10.1. The highest BCUT2D eigenvalue weighted by Crippen LogP contribution is 2.30. The van der Waals surface area contributed by atoms with E-state index < -0.39 is 10.2 Å². The molecule has 0 bridgehead atoms. The molecule has 0 saturated carbocycles. The van der Waals surface area contributed by atoms with Gasteiger partial charge in [0.25, 0.3) is 0 Å². The van der Waals surface area contributed by atoms with Gasteiger partial charge >= 0.3 is 5.97 Å². The second-order valence-corrected chi connectivity index (χ2v) is 5.27. The van der Waals surface area contributed by atoms with E-state index in [-0.39, 0.29) is 5.97 Å². The molecule has 0 radical (unpaired) electrons. The molecule has 0 amide bonds. The number of carbonyl (C=O) groups is 1. The Kier molecular flexibility index (Phi) is 5.09. The third-order valence-electron chi connectivity index (χ3n) is 2.86. The van der Waals surface area contributed by atoms with Gasteiger partial charge in [0.1, 0.15) is 0 Å². The van der Waals surface area contributed by atoms with Crippen molar-refractivity contribution in [3.63, 3.8) is 0 Å². The minimum Gasteiger partial charge on any atom is -0.425 e. The van der Waals surface area contributed by atoms with Gasteiger partial charge in [0.2, 0.25) is 11.0 Å². The predicted molar refractivity (Wildman–Crippen MR) is 69.3 cm³/mol. The predicted octanol–water partition coefficient (Wildman–Crippen LogP) is -2.02. The van der Waals surface area contributed by atoms with Crippen LogP contribution >= 0.6 is 0 Å². The fourth-order valence-corrected chi connectivity index (χ4v) is 2.12. The number of pyridine rings is 1. The van der Waals surface area contributed by atoms with Gasteiger partial charge in [-0.2, -0.15) is 0 Å². The molecule has 0 aliphatic carbocycles. The van der Waals surface area contributed by atoms with E-state index in [9.17, 15) is 4.79 Å². The van der Waals surface area contributed by atoms with Crippen molar-refractivity contribution in [2.45, 2.75) is 6.92 Å². The third-order valence-corrected chi connectivity index (χ3v) is 2.86. The van der Waals surface area contributed by atoms with Crippen molar-refractivity contribution in [2.75, 3.05) is 0 Å². The van der Waals surface area contributed by atoms with E-state index in [2.05, 4.69) is 4.98 Å². The molecule has 1 heterocycles. The minimum atomic E-state index is -4.94. The molecule has 7 nitrogen and oxygen atoms in total. The standard InChI is InChI=1S/C15H11NO2.ClHO4/c1-10(17)18-15-11-6-2-4-8-13(11)16-14-9-5-3-7-12(14)15;2-1(3,4)5/h2-9H,1H3;(H,2,3,4,5). The summed E-state index contributed by atoms with van der Waals surface area (Å²) in [5.74, 6) is 0.309. The smallest absolute Gasteiger partial charge is 0.308 e. The number of esters is 1. The van der Waals surface area contributed by atoms with Gasteiger partial charge in [0.05, 0.1) is 10.8 Å². The number of carbonyl (C=O) groups excluding carboxylic acids is 1. The summed E-state index contributed by atoms with van der Waals surface area (Å²) in [6, 6.07) is 15.6. The molecule has 0 fully saturated rings. The van der Waals surface area contributed by atoms with Crippen molar-refractivity contribution in [1.29, 1.82) is 0 Å². The lowest BCUT2D eigenvalue weighted by Gasteiger charge is -2.17. The molecule has 0 aliphatic rings. The first-order valence-electron chi connectivity index (χ1n) is 6.38. The number of hydrogen-bond donors (Lipinski definition) is 0. The number of nitrogens with one attached hydrogen (secondary N) is 1. The molecule has 0 saturated heterocycles. The van der Waals surface area contributed by atoms with Crippen molar-refractivity contribution >= 4 is 27.8 Å². The highest BCUT2D eigenvalue weighted by Gasteiger charge is 2.15. The fraction of sp³-hybridized carbons (Fsp3) is 0.0667. The van der Waals surface area contributed by atoms with Gasteiger partial charge in [-0.1, -0.05) is 24.3 Å². The van der Waals surface area contributed by atoms with Crippen molar-refractivity contribution < 1.29 is 43.4 Å². The first-order chi connectivity index (χ1) is 10.8. The lowest BCUT2D eigenvalue weighted by molar-refractivity contribution is -2.00. The van der Waals surface area contributed by atoms with Crippen LogP contribution in [0.1, 0.15) is 6.92 Å². The van der Waals surface area contributed by atoms with E-state index >= 15 is 0 Å². The van der Waals surface area contributed by atoms with Gasteiger partial charge in [0.15, 0.2) is 5.75 Å². The number of fused-ring (bicyclic) bond motifs is 2. The maximum atomic E-state index is 11.3. The second kappa shape index (κ2) is 6.86. The Morgan fingerprint density at radius 1 is 0.913 bits per heavy atom. The van der Waals surface area contributed by atoms with Gasteiger partial charge in [-0.3, -0.25) is 4.79 Å². The highest BCUT2D eigenvalue weighted by atomic mass is 35.7. The minimum absolute atomic E-state index is 0.309. The monoisotopic (exact) mass is 337 g/mol. The van der Waals surface area contributed by atoms with E-state index in [4.69, 9.17) is 23.4 Å². The summed E-state index contributed by atoms with van der Waals surface area (Å²) in [5.41, 5.74) is 1.90. The maximum absolute atomic E-state index is 11.3. The Labute approximate surface area is 133 Å². The molecular formula is C15H12ClNO6. The van der Waals surface area contributed by atoms with Crippen LogP contribution in [-0.4, -0.2) is 5.97 Å². The zero-order chi connectivity index (χ0) is 17.0. The zero-order valence-electron chi connectivity index (χ0n) is 11.9. The summed E-state index contributed by atoms with van der Waals surface area (Å²) in [4.78, 5) is 14.6. The van der Waals surface area contributed by atoms with Crippen LogP contribution in [0.25, 0.3) is 21.8 Å². The molecule has 0 unspecified atom stereocenters. The second-order valence-electron chi connectivity index (χ2n) is 4.52. The Balaban J connectivity index is 0.000000338. The van der Waals surface area contributed by atoms with Crippen LogP contribution in [-0.2, 0) is 4.79 Å². The Bertz CT molecular complexity index is 786. The van der Waals surface area contributed by atoms with Crippen molar-refractivity contribution in [3.8, 4) is 5.75 Å².